The molecule has 4 atom stereocenters. The Balaban J connectivity index is 1.54. The largest absolute Gasteiger partial charge is 0.339 e. The topological polar surface area (TPSA) is 42.2 Å². The molecule has 5 heteroatoms. The average molecular weight is 363 g/mol. The number of benzene rings is 2. The molecule has 3 heterocycles. The first-order valence-corrected chi connectivity index (χ1v) is 9.57. The third-order valence-electron chi connectivity index (χ3n) is 6.33. The molecule has 0 spiro atoms. The lowest BCUT2D eigenvalue weighted by Gasteiger charge is -2.41. The van der Waals surface area contributed by atoms with Gasteiger partial charge in [0, 0.05) is 17.6 Å². The van der Waals surface area contributed by atoms with Gasteiger partial charge < -0.3 is 4.52 Å². The molecule has 5 rings (SSSR count). The van der Waals surface area contributed by atoms with Gasteiger partial charge in [-0.3, -0.25) is 4.90 Å². The fraction of sp³-hybridized carbons (Fsp3) is 0.364. The average Bonchev–Trinajstić information content (AvgIpc) is 3.26. The molecule has 1 unspecified atom stereocenters. The Kier molecular flexibility index (Phi) is 4.05. The quantitative estimate of drug-likeness (QED) is 0.681. The molecule has 4 nitrogen and oxygen atoms in total. The van der Waals surface area contributed by atoms with Gasteiger partial charge in [-0.15, -0.1) is 0 Å². The van der Waals surface area contributed by atoms with Crippen molar-refractivity contribution in [3.8, 4) is 11.4 Å². The molecule has 1 aromatic heterocycles. The van der Waals surface area contributed by atoms with Gasteiger partial charge in [-0.25, -0.2) is 4.39 Å². The van der Waals surface area contributed by atoms with Crippen molar-refractivity contribution >= 4 is 0 Å². The molecule has 2 fully saturated rings. The highest BCUT2D eigenvalue weighted by molar-refractivity contribution is 5.53. The van der Waals surface area contributed by atoms with E-state index in [1.54, 1.807) is 12.1 Å². The molecule has 0 N–H and O–H groups in total. The van der Waals surface area contributed by atoms with E-state index < -0.39 is 0 Å². The molecular formula is C22H22FN3O. The molecule has 27 heavy (non-hydrogen) atoms. The maximum Gasteiger partial charge on any atom is 0.232 e. The van der Waals surface area contributed by atoms with E-state index >= 15 is 0 Å². The third-order valence-corrected chi connectivity index (χ3v) is 6.33. The lowest BCUT2D eigenvalue weighted by atomic mass is 9.76. The van der Waals surface area contributed by atoms with E-state index in [0.29, 0.717) is 23.8 Å². The molecule has 138 valence electrons. The summed E-state index contributed by atoms with van der Waals surface area (Å²) < 4.78 is 19.2. The molecule has 2 aliphatic rings. The van der Waals surface area contributed by atoms with Crippen molar-refractivity contribution in [1.29, 1.82) is 0 Å². The molecule has 2 aromatic carbocycles. The van der Waals surface area contributed by atoms with Crippen LogP contribution in [-0.4, -0.2) is 34.2 Å². The summed E-state index contributed by atoms with van der Waals surface area (Å²) in [7, 11) is 2.20. The molecule has 3 aromatic rings. The minimum Gasteiger partial charge on any atom is -0.339 e. The van der Waals surface area contributed by atoms with Crippen molar-refractivity contribution in [1.82, 2.24) is 15.0 Å². The number of rotatable bonds is 3. The highest BCUT2D eigenvalue weighted by Crippen LogP contribution is 2.50. The van der Waals surface area contributed by atoms with E-state index in [0.717, 1.165) is 24.0 Å². The van der Waals surface area contributed by atoms with Crippen LogP contribution in [0.25, 0.3) is 11.4 Å². The van der Waals surface area contributed by atoms with E-state index in [2.05, 4.69) is 17.1 Å². The number of piperidine rings is 1. The zero-order chi connectivity index (χ0) is 18.4. The Bertz CT molecular complexity index is 924. The summed E-state index contributed by atoms with van der Waals surface area (Å²) in [5.74, 6) is 1.52. The number of nitrogens with zero attached hydrogens (tertiary/aromatic N) is 3. The lowest BCUT2D eigenvalue weighted by Crippen LogP contribution is -2.44. The second kappa shape index (κ2) is 6.57. The van der Waals surface area contributed by atoms with Crippen LogP contribution in [0.5, 0.6) is 0 Å². The number of hydrogen-bond acceptors (Lipinski definition) is 4. The van der Waals surface area contributed by atoms with Crippen molar-refractivity contribution in [2.75, 3.05) is 7.05 Å². The van der Waals surface area contributed by atoms with Gasteiger partial charge in [-0.05, 0) is 49.9 Å². The smallest absolute Gasteiger partial charge is 0.232 e. The molecule has 2 bridgehead atoms. The van der Waals surface area contributed by atoms with Crippen LogP contribution in [0.4, 0.5) is 4.39 Å². The van der Waals surface area contributed by atoms with Gasteiger partial charge in [-0.2, -0.15) is 4.98 Å². The van der Waals surface area contributed by atoms with Gasteiger partial charge in [0.05, 0.1) is 5.92 Å². The summed E-state index contributed by atoms with van der Waals surface area (Å²) >= 11 is 0. The van der Waals surface area contributed by atoms with E-state index in [1.165, 1.54) is 6.42 Å². The van der Waals surface area contributed by atoms with Crippen LogP contribution in [0.1, 0.15) is 42.6 Å². The highest BCUT2D eigenvalue weighted by atomic mass is 19.1. The van der Waals surface area contributed by atoms with Crippen LogP contribution in [0, 0.1) is 5.82 Å². The first-order chi connectivity index (χ1) is 13.2. The van der Waals surface area contributed by atoms with Crippen LogP contribution in [0.2, 0.25) is 0 Å². The Morgan fingerprint density at radius 3 is 2.59 bits per heavy atom. The molecule has 0 radical (unpaired) electrons. The highest BCUT2D eigenvalue weighted by Gasteiger charge is 2.48. The molecule has 2 aliphatic heterocycles. The summed E-state index contributed by atoms with van der Waals surface area (Å²) in [6.07, 6.45) is 3.36. The van der Waals surface area contributed by atoms with Crippen LogP contribution >= 0.6 is 0 Å². The molecule has 0 aliphatic carbocycles. The molecular weight excluding hydrogens is 341 g/mol. The minimum atomic E-state index is -0.199. The number of halogens is 1. The summed E-state index contributed by atoms with van der Waals surface area (Å²) in [5, 5.41) is 4.25. The van der Waals surface area contributed by atoms with E-state index in [1.807, 2.05) is 42.5 Å². The predicted molar refractivity (Wildman–Crippen MR) is 101 cm³/mol. The number of hydrogen-bond donors (Lipinski definition) is 0. The lowest BCUT2D eigenvalue weighted by molar-refractivity contribution is 0.120. The standard InChI is InChI=1S/C22H22FN3O/c1-26-17-11-12-19(26)20(18(13-17)14-7-9-16(23)10-8-14)22-24-21(25-27-22)15-5-3-2-4-6-15/h2-10,17-20H,11-13H2,1H3/t17?,18-,19-,20-/m1/s1. The second-order valence-corrected chi connectivity index (χ2v) is 7.71. The Morgan fingerprint density at radius 1 is 1.04 bits per heavy atom. The van der Waals surface area contributed by atoms with E-state index in [-0.39, 0.29) is 17.7 Å². The van der Waals surface area contributed by atoms with Crippen molar-refractivity contribution in [2.45, 2.75) is 43.2 Å². The van der Waals surface area contributed by atoms with E-state index in [9.17, 15) is 4.39 Å². The Hall–Kier alpha value is -2.53. The molecule has 0 saturated carbocycles. The maximum absolute atomic E-state index is 13.4. The van der Waals surface area contributed by atoms with Gasteiger partial charge in [0.25, 0.3) is 0 Å². The predicted octanol–water partition coefficient (Wildman–Crippen LogP) is 4.61. The summed E-state index contributed by atoms with van der Waals surface area (Å²) in [6.45, 7) is 0. The summed E-state index contributed by atoms with van der Waals surface area (Å²) in [5.41, 5.74) is 2.12. The van der Waals surface area contributed by atoms with Gasteiger partial charge >= 0.3 is 0 Å². The van der Waals surface area contributed by atoms with Gasteiger partial charge in [0.15, 0.2) is 0 Å². The molecule has 0 amide bonds. The maximum atomic E-state index is 13.4. The summed E-state index contributed by atoms with van der Waals surface area (Å²) in [4.78, 5) is 7.24. The number of aromatic nitrogens is 2. The normalized spacial score (nSPS) is 27.8. The van der Waals surface area contributed by atoms with Crippen molar-refractivity contribution in [3.63, 3.8) is 0 Å². The zero-order valence-corrected chi connectivity index (χ0v) is 15.3. The van der Waals surface area contributed by atoms with Gasteiger partial charge in [0.1, 0.15) is 5.82 Å². The first-order valence-electron chi connectivity index (χ1n) is 9.57. The fourth-order valence-electron chi connectivity index (χ4n) is 4.93. The first kappa shape index (κ1) is 16.6. The van der Waals surface area contributed by atoms with Crippen LogP contribution < -0.4 is 0 Å². The SMILES string of the molecule is CN1C2CC[C@@H]1[C@H](c1nc(-c3ccccc3)no1)[C@@H](c1ccc(F)cc1)C2. The zero-order valence-electron chi connectivity index (χ0n) is 15.3. The van der Waals surface area contributed by atoms with Gasteiger partial charge in [0.2, 0.25) is 11.7 Å². The monoisotopic (exact) mass is 363 g/mol. The van der Waals surface area contributed by atoms with Crippen LogP contribution in [0.15, 0.2) is 59.1 Å². The van der Waals surface area contributed by atoms with E-state index in [4.69, 9.17) is 9.51 Å². The Labute approximate surface area is 158 Å². The summed E-state index contributed by atoms with van der Waals surface area (Å²) in [6, 6.07) is 17.8. The fourth-order valence-corrected chi connectivity index (χ4v) is 4.93. The minimum absolute atomic E-state index is 0.129. The molecule has 2 saturated heterocycles. The number of fused-ring (bicyclic) bond motifs is 2. The third kappa shape index (κ3) is 2.86. The Morgan fingerprint density at radius 2 is 1.81 bits per heavy atom. The number of likely N-dealkylation sites (N-methyl/N-ethyl adjacent to an activating group) is 1. The second-order valence-electron chi connectivity index (χ2n) is 7.71. The van der Waals surface area contributed by atoms with Crippen LogP contribution in [0.3, 0.4) is 0 Å². The van der Waals surface area contributed by atoms with Gasteiger partial charge in [-0.1, -0.05) is 47.6 Å². The van der Waals surface area contributed by atoms with Crippen LogP contribution in [-0.2, 0) is 0 Å². The van der Waals surface area contributed by atoms with Crippen molar-refractivity contribution in [3.05, 3.63) is 71.9 Å². The van der Waals surface area contributed by atoms with Crippen molar-refractivity contribution < 1.29 is 8.91 Å². The van der Waals surface area contributed by atoms with Crippen molar-refractivity contribution in [2.24, 2.45) is 0 Å².